The van der Waals surface area contributed by atoms with E-state index in [4.69, 9.17) is 0 Å². The van der Waals surface area contributed by atoms with Gasteiger partial charge in [0.1, 0.15) is 0 Å². The summed E-state index contributed by atoms with van der Waals surface area (Å²) in [5.74, 6) is 0. The molecule has 0 atom stereocenters. The number of halogens is 3. The molecule has 0 N–H and O–H groups in total. The molecule has 0 spiro atoms. The first-order valence-corrected chi connectivity index (χ1v) is 14.2. The van der Waals surface area contributed by atoms with Crippen LogP contribution >= 0.6 is 23.5 Å². The second kappa shape index (κ2) is 10.4. The maximum Gasteiger partial charge on any atom is 0.536 e. The molecular formula is C27H16F3NO5S3. The van der Waals surface area contributed by atoms with Gasteiger partial charge in [0, 0.05) is 19.6 Å². The fourth-order valence-corrected chi connectivity index (χ4v) is 5.93. The summed E-state index contributed by atoms with van der Waals surface area (Å²) in [6.07, 6.45) is 0. The summed E-state index contributed by atoms with van der Waals surface area (Å²) < 4.78 is 66.5. The molecule has 5 rings (SSSR count). The summed E-state index contributed by atoms with van der Waals surface area (Å²) in [5.41, 5.74) is -8.53. The first kappa shape index (κ1) is 26.9. The van der Waals surface area contributed by atoms with E-state index < -0.39 is 26.7 Å². The molecule has 0 amide bonds. The van der Waals surface area contributed by atoms with Gasteiger partial charge < -0.3 is 0 Å². The van der Waals surface area contributed by atoms with Crippen LogP contribution in [0, 0.1) is 0 Å². The zero-order valence-electron chi connectivity index (χ0n) is 19.6. The van der Waals surface area contributed by atoms with E-state index in [1.54, 1.807) is 24.3 Å². The molecule has 0 saturated carbocycles. The molecule has 0 aliphatic heterocycles. The van der Waals surface area contributed by atoms with E-state index in [9.17, 15) is 31.2 Å². The predicted molar refractivity (Wildman–Crippen MR) is 145 cm³/mol. The van der Waals surface area contributed by atoms with Crippen LogP contribution in [0.25, 0.3) is 21.5 Å². The summed E-state index contributed by atoms with van der Waals surface area (Å²) in [6.45, 7) is 0. The van der Waals surface area contributed by atoms with Crippen LogP contribution in [0.4, 0.5) is 13.2 Å². The molecule has 0 aliphatic rings. The average Bonchev–Trinajstić information content (AvgIpc) is 2.98. The van der Waals surface area contributed by atoms with Crippen molar-refractivity contribution in [2.75, 3.05) is 0 Å². The van der Waals surface area contributed by atoms with E-state index in [0.29, 0.717) is 9.79 Å². The smallest absolute Gasteiger partial charge is 0.274 e. The van der Waals surface area contributed by atoms with Crippen molar-refractivity contribution in [3.8, 4) is 0 Å². The second-order valence-corrected chi connectivity index (χ2v) is 11.9. The number of fused-ring (bicyclic) bond motifs is 3. The van der Waals surface area contributed by atoms with Gasteiger partial charge in [0.2, 0.25) is 0 Å². The molecule has 39 heavy (non-hydrogen) atoms. The van der Waals surface area contributed by atoms with Crippen molar-refractivity contribution in [1.29, 1.82) is 0 Å². The summed E-state index contributed by atoms with van der Waals surface area (Å²) in [4.78, 5) is 29.8. The Morgan fingerprint density at radius 2 is 1.00 bits per heavy atom. The third-order valence-corrected chi connectivity index (χ3v) is 8.42. The van der Waals surface area contributed by atoms with Crippen LogP contribution in [0.3, 0.4) is 0 Å². The summed E-state index contributed by atoms with van der Waals surface area (Å²) in [6, 6.07) is 27.7. The normalized spacial score (nSPS) is 12.1. The average molecular weight is 588 g/mol. The van der Waals surface area contributed by atoms with Crippen LogP contribution in [0.1, 0.15) is 0 Å². The third-order valence-electron chi connectivity index (χ3n) is 5.52. The Hall–Kier alpha value is -3.74. The molecule has 0 fully saturated rings. The van der Waals surface area contributed by atoms with Gasteiger partial charge in [-0.3, -0.25) is 13.9 Å². The van der Waals surface area contributed by atoms with Crippen molar-refractivity contribution < 1.29 is 25.9 Å². The first-order valence-electron chi connectivity index (χ1n) is 11.2. The zero-order chi connectivity index (χ0) is 27.8. The molecule has 1 aromatic heterocycles. The van der Waals surface area contributed by atoms with Crippen LogP contribution in [-0.4, -0.2) is 18.7 Å². The summed E-state index contributed by atoms with van der Waals surface area (Å²) >= 11 is 2.75. The molecule has 1 heterocycles. The Balaban J connectivity index is 1.79. The highest BCUT2D eigenvalue weighted by atomic mass is 32.2. The van der Waals surface area contributed by atoms with Crippen LogP contribution in [0.2, 0.25) is 0 Å². The van der Waals surface area contributed by atoms with E-state index in [2.05, 4.69) is 4.28 Å². The van der Waals surface area contributed by atoms with Gasteiger partial charge in [-0.15, -0.1) is 0 Å². The number of benzene rings is 4. The molecule has 0 saturated heterocycles. The zero-order valence-corrected chi connectivity index (χ0v) is 22.0. The highest BCUT2D eigenvalue weighted by molar-refractivity contribution is 7.99. The molecule has 5 aromatic rings. The largest absolute Gasteiger partial charge is 0.536 e. The number of aromatic nitrogens is 1. The van der Waals surface area contributed by atoms with Gasteiger partial charge in [-0.05, 0) is 71.4 Å². The minimum Gasteiger partial charge on any atom is -0.274 e. The van der Waals surface area contributed by atoms with Crippen LogP contribution in [-0.2, 0) is 10.1 Å². The number of nitrogens with zero attached hydrogens (tertiary/aromatic N) is 1. The van der Waals surface area contributed by atoms with Crippen molar-refractivity contribution in [2.24, 2.45) is 0 Å². The van der Waals surface area contributed by atoms with Gasteiger partial charge in [-0.2, -0.15) is 21.6 Å². The Kier molecular flexibility index (Phi) is 7.19. The van der Waals surface area contributed by atoms with Crippen molar-refractivity contribution in [2.45, 2.75) is 25.1 Å². The van der Waals surface area contributed by atoms with E-state index >= 15 is 0 Å². The first-order chi connectivity index (χ1) is 18.5. The molecule has 0 aliphatic carbocycles. The molecule has 0 bridgehead atoms. The maximum atomic E-state index is 13.3. The Morgan fingerprint density at radius 3 is 1.38 bits per heavy atom. The molecule has 4 aromatic carbocycles. The van der Waals surface area contributed by atoms with Crippen molar-refractivity contribution in [3.05, 3.63) is 118 Å². The second-order valence-electron chi connectivity index (χ2n) is 8.12. The molecular weight excluding hydrogens is 571 g/mol. The molecule has 0 radical (unpaired) electrons. The topological polar surface area (TPSA) is 82.4 Å². The number of alkyl halides is 3. The quantitative estimate of drug-likeness (QED) is 0.222. The monoisotopic (exact) mass is 587 g/mol. The maximum absolute atomic E-state index is 13.3. The summed E-state index contributed by atoms with van der Waals surface area (Å²) in [7, 11) is -6.31. The lowest BCUT2D eigenvalue weighted by Crippen LogP contribution is -2.43. The molecule has 0 unspecified atom stereocenters. The lowest BCUT2D eigenvalue weighted by Gasteiger charge is -2.08. The van der Waals surface area contributed by atoms with Crippen molar-refractivity contribution in [3.63, 3.8) is 0 Å². The standard InChI is InChI=1S/C27H16F3NO5S3/c28-27(29,30)39(34,35)36-31-25(32)21-13-11-19(37-17-7-3-1-4-8-17)15-23(21)24-16-20(12-14-22(24)26(31)33)38-18-9-5-2-6-10-18/h1-16H. The Morgan fingerprint density at radius 1 is 0.590 bits per heavy atom. The SMILES string of the molecule is O=c1c2ccc(Sc3ccccc3)cc2c2cc(Sc3ccccc3)ccc2c(=O)n1OS(=O)(=O)C(F)(F)F. The molecule has 198 valence electrons. The molecule has 6 nitrogen and oxygen atoms in total. The van der Waals surface area contributed by atoms with E-state index in [1.807, 2.05) is 60.7 Å². The van der Waals surface area contributed by atoms with E-state index in [0.717, 1.165) is 9.79 Å². The van der Waals surface area contributed by atoms with Crippen molar-refractivity contribution in [1.82, 2.24) is 4.73 Å². The Bertz CT molecular complexity index is 1810. The van der Waals surface area contributed by atoms with E-state index in [1.165, 1.54) is 35.7 Å². The lowest BCUT2D eigenvalue weighted by molar-refractivity contribution is -0.0551. The van der Waals surface area contributed by atoms with Gasteiger partial charge in [0.25, 0.3) is 11.1 Å². The number of hydrogen-bond donors (Lipinski definition) is 0. The Labute approximate surface area is 228 Å². The minimum atomic E-state index is -6.31. The van der Waals surface area contributed by atoms with Crippen LogP contribution < -0.4 is 15.4 Å². The van der Waals surface area contributed by atoms with Gasteiger partial charge in [0.05, 0.1) is 10.8 Å². The minimum absolute atomic E-state index is 0.196. The van der Waals surface area contributed by atoms with Crippen molar-refractivity contribution >= 4 is 55.2 Å². The summed E-state index contributed by atoms with van der Waals surface area (Å²) in [5, 5.41) is 0.100. The van der Waals surface area contributed by atoms with Gasteiger partial charge in [0.15, 0.2) is 0 Å². The van der Waals surface area contributed by atoms with Gasteiger partial charge >= 0.3 is 15.6 Å². The van der Waals surface area contributed by atoms with Gasteiger partial charge in [-0.25, -0.2) is 0 Å². The molecule has 12 heteroatoms. The fourth-order valence-electron chi connectivity index (χ4n) is 3.76. The third kappa shape index (κ3) is 5.54. The van der Waals surface area contributed by atoms with Gasteiger partial charge in [-0.1, -0.05) is 64.7 Å². The lowest BCUT2D eigenvalue weighted by atomic mass is 10.1. The predicted octanol–water partition coefficient (Wildman–Crippen LogP) is 6.10. The fraction of sp³-hybridized carbons (Fsp3) is 0.0370. The van der Waals surface area contributed by atoms with Crippen LogP contribution in [0.5, 0.6) is 0 Å². The van der Waals surface area contributed by atoms with Crippen LogP contribution in [0.15, 0.2) is 126 Å². The highest BCUT2D eigenvalue weighted by Crippen LogP contribution is 2.34. The number of rotatable bonds is 6. The number of hydrogen-bond acceptors (Lipinski definition) is 7. The highest BCUT2D eigenvalue weighted by Gasteiger charge is 2.49. The van der Waals surface area contributed by atoms with E-state index in [-0.39, 0.29) is 26.3 Å².